The van der Waals surface area contributed by atoms with E-state index in [1.165, 1.54) is 15.4 Å². The third-order valence-corrected chi connectivity index (χ3v) is 5.03. The molecule has 7 heteroatoms. The van der Waals surface area contributed by atoms with Crippen LogP contribution in [0.25, 0.3) is 0 Å². The smallest absolute Gasteiger partial charge is 0.191 e. The molecule has 1 aromatic heterocycles. The molecular weight excluding hydrogens is 471 g/mol. The number of thiazole rings is 1. The third-order valence-electron chi connectivity index (χ3n) is 3.89. The molecule has 0 spiro atoms. The average Bonchev–Trinajstić information content (AvgIpc) is 2.94. The van der Waals surface area contributed by atoms with Gasteiger partial charge in [-0.2, -0.15) is 0 Å². The first-order valence-corrected chi connectivity index (χ1v) is 9.88. The molecule has 0 amide bonds. The zero-order valence-electron chi connectivity index (χ0n) is 16.8. The maximum atomic E-state index is 5.71. The molecule has 0 radical (unpaired) electrons. The van der Waals surface area contributed by atoms with Crippen molar-refractivity contribution < 1.29 is 4.74 Å². The van der Waals surface area contributed by atoms with Crippen LogP contribution in [0.4, 0.5) is 0 Å². The first kappa shape index (κ1) is 23.7. The summed E-state index contributed by atoms with van der Waals surface area (Å²) < 4.78 is 5.71. The maximum Gasteiger partial charge on any atom is 0.191 e. The molecule has 0 unspecified atom stereocenters. The first-order chi connectivity index (χ1) is 12.5. The predicted molar refractivity (Wildman–Crippen MR) is 126 cm³/mol. The van der Waals surface area contributed by atoms with Gasteiger partial charge in [-0.05, 0) is 37.5 Å². The second kappa shape index (κ2) is 12.2. The fourth-order valence-electron chi connectivity index (χ4n) is 2.31. The quantitative estimate of drug-likeness (QED) is 0.321. The summed E-state index contributed by atoms with van der Waals surface area (Å²) in [6, 6.07) is 8.19. The molecule has 0 fully saturated rings. The number of guanidine groups is 1. The van der Waals surface area contributed by atoms with E-state index >= 15 is 0 Å². The van der Waals surface area contributed by atoms with Gasteiger partial charge < -0.3 is 15.4 Å². The summed E-state index contributed by atoms with van der Waals surface area (Å²) in [5.74, 6) is 2.25. The molecule has 2 N–H and O–H groups in total. The van der Waals surface area contributed by atoms with Crippen molar-refractivity contribution >= 4 is 41.3 Å². The van der Waals surface area contributed by atoms with Gasteiger partial charge in [-0.15, -0.1) is 35.3 Å². The van der Waals surface area contributed by atoms with Crippen molar-refractivity contribution in [2.75, 3.05) is 20.2 Å². The molecule has 0 aliphatic rings. The molecule has 150 valence electrons. The van der Waals surface area contributed by atoms with E-state index in [0.29, 0.717) is 5.92 Å². The van der Waals surface area contributed by atoms with Crippen LogP contribution in [0, 0.1) is 19.8 Å². The van der Waals surface area contributed by atoms with Crippen molar-refractivity contribution in [1.82, 2.24) is 15.6 Å². The second-order valence-corrected chi connectivity index (χ2v) is 7.99. The standard InChI is InChI=1S/C20H30N4OS.HI/c1-14(2)13-25-18-8-6-17(7-9-18)12-23-20(21-5)22-11-10-19-24-15(3)16(4)26-19;/h6-9,14H,10-13H2,1-5H3,(H2,21,22,23);1H. The Labute approximate surface area is 184 Å². The zero-order chi connectivity index (χ0) is 18.9. The average molecular weight is 502 g/mol. The SMILES string of the molecule is CN=C(NCCc1nc(C)c(C)s1)NCc1ccc(OCC(C)C)cc1.I. The predicted octanol–water partition coefficient (Wildman–Crippen LogP) is 4.32. The van der Waals surface area contributed by atoms with E-state index in [-0.39, 0.29) is 24.0 Å². The Bertz CT molecular complexity index is 694. The molecule has 27 heavy (non-hydrogen) atoms. The first-order valence-electron chi connectivity index (χ1n) is 9.07. The van der Waals surface area contributed by atoms with Crippen LogP contribution in [0.3, 0.4) is 0 Å². The second-order valence-electron chi connectivity index (χ2n) is 6.70. The van der Waals surface area contributed by atoms with Crippen LogP contribution in [0.1, 0.15) is 35.0 Å². The summed E-state index contributed by atoms with van der Waals surface area (Å²) in [6.07, 6.45) is 0.905. The molecule has 1 aromatic carbocycles. The summed E-state index contributed by atoms with van der Waals surface area (Å²) in [4.78, 5) is 10.1. The van der Waals surface area contributed by atoms with Crippen molar-refractivity contribution in [1.29, 1.82) is 0 Å². The van der Waals surface area contributed by atoms with Gasteiger partial charge in [-0.3, -0.25) is 4.99 Å². The number of aliphatic imine (C=N–C) groups is 1. The number of nitrogens with zero attached hydrogens (tertiary/aromatic N) is 2. The maximum absolute atomic E-state index is 5.71. The lowest BCUT2D eigenvalue weighted by Gasteiger charge is -2.12. The Balaban J connectivity index is 0.00000364. The van der Waals surface area contributed by atoms with Gasteiger partial charge in [-0.1, -0.05) is 26.0 Å². The lowest BCUT2D eigenvalue weighted by atomic mass is 10.2. The molecule has 0 atom stereocenters. The highest BCUT2D eigenvalue weighted by Crippen LogP contribution is 2.16. The topological polar surface area (TPSA) is 58.5 Å². The van der Waals surface area contributed by atoms with Crippen LogP contribution in [-0.4, -0.2) is 31.1 Å². The van der Waals surface area contributed by atoms with E-state index in [1.54, 1.807) is 18.4 Å². The van der Waals surface area contributed by atoms with Crippen LogP contribution < -0.4 is 15.4 Å². The minimum Gasteiger partial charge on any atom is -0.493 e. The van der Waals surface area contributed by atoms with E-state index in [4.69, 9.17) is 4.74 Å². The van der Waals surface area contributed by atoms with Gasteiger partial charge in [0.2, 0.25) is 0 Å². The summed E-state index contributed by atoms with van der Waals surface area (Å²) >= 11 is 1.77. The van der Waals surface area contributed by atoms with Crippen LogP contribution in [0.5, 0.6) is 5.75 Å². The van der Waals surface area contributed by atoms with Crippen LogP contribution >= 0.6 is 35.3 Å². The van der Waals surface area contributed by atoms with Gasteiger partial charge >= 0.3 is 0 Å². The molecule has 0 aliphatic carbocycles. The molecule has 0 bridgehead atoms. The molecule has 1 heterocycles. The highest BCUT2D eigenvalue weighted by atomic mass is 127. The highest BCUT2D eigenvalue weighted by Gasteiger charge is 2.04. The molecule has 2 rings (SSSR count). The van der Waals surface area contributed by atoms with Crippen molar-refractivity contribution in [3.63, 3.8) is 0 Å². The molecular formula is C20H31IN4OS. The largest absolute Gasteiger partial charge is 0.493 e. The Morgan fingerprint density at radius 3 is 2.44 bits per heavy atom. The van der Waals surface area contributed by atoms with Gasteiger partial charge in [0.05, 0.1) is 17.3 Å². The van der Waals surface area contributed by atoms with E-state index in [1.807, 2.05) is 12.1 Å². The number of nitrogens with one attached hydrogen (secondary N) is 2. The van der Waals surface area contributed by atoms with E-state index in [9.17, 15) is 0 Å². The lowest BCUT2D eigenvalue weighted by Crippen LogP contribution is -2.37. The number of ether oxygens (including phenoxy) is 1. The summed E-state index contributed by atoms with van der Waals surface area (Å²) in [5.41, 5.74) is 2.32. The van der Waals surface area contributed by atoms with Crippen molar-refractivity contribution in [3.05, 3.63) is 45.4 Å². The normalized spacial score (nSPS) is 11.3. The molecule has 5 nitrogen and oxygen atoms in total. The lowest BCUT2D eigenvalue weighted by molar-refractivity contribution is 0.271. The molecule has 0 aliphatic heterocycles. The van der Waals surface area contributed by atoms with E-state index in [2.05, 4.69) is 60.4 Å². The summed E-state index contributed by atoms with van der Waals surface area (Å²) in [5, 5.41) is 7.85. The van der Waals surface area contributed by atoms with Crippen LogP contribution in [-0.2, 0) is 13.0 Å². The minimum absolute atomic E-state index is 0. The minimum atomic E-state index is 0. The van der Waals surface area contributed by atoms with Gasteiger partial charge in [0.25, 0.3) is 0 Å². The number of hydrogen-bond acceptors (Lipinski definition) is 4. The fraction of sp³-hybridized carbons (Fsp3) is 0.500. The van der Waals surface area contributed by atoms with E-state index < -0.39 is 0 Å². The number of halogens is 1. The molecule has 0 saturated carbocycles. The van der Waals surface area contributed by atoms with Gasteiger partial charge in [-0.25, -0.2) is 4.98 Å². The van der Waals surface area contributed by atoms with Crippen LogP contribution in [0.15, 0.2) is 29.3 Å². The Hall–Kier alpha value is -1.35. The van der Waals surface area contributed by atoms with E-state index in [0.717, 1.165) is 43.5 Å². The zero-order valence-corrected chi connectivity index (χ0v) is 20.0. The summed E-state index contributed by atoms with van der Waals surface area (Å²) in [6.45, 7) is 10.7. The number of hydrogen-bond donors (Lipinski definition) is 2. The number of aromatic nitrogens is 1. The fourth-order valence-corrected chi connectivity index (χ4v) is 3.24. The third kappa shape index (κ3) is 8.47. The number of benzene rings is 1. The molecule has 2 aromatic rings. The monoisotopic (exact) mass is 502 g/mol. The molecule has 0 saturated heterocycles. The van der Waals surface area contributed by atoms with Crippen molar-refractivity contribution in [2.24, 2.45) is 10.9 Å². The Morgan fingerprint density at radius 2 is 1.89 bits per heavy atom. The van der Waals surface area contributed by atoms with Crippen molar-refractivity contribution in [3.8, 4) is 5.75 Å². The van der Waals surface area contributed by atoms with Gasteiger partial charge in [0.15, 0.2) is 5.96 Å². The van der Waals surface area contributed by atoms with Crippen molar-refractivity contribution in [2.45, 2.75) is 40.7 Å². The Kier molecular flexibility index (Phi) is 10.7. The van der Waals surface area contributed by atoms with Gasteiger partial charge in [0, 0.05) is 31.4 Å². The highest BCUT2D eigenvalue weighted by molar-refractivity contribution is 14.0. The summed E-state index contributed by atoms with van der Waals surface area (Å²) in [7, 11) is 1.79. The van der Waals surface area contributed by atoms with Gasteiger partial charge in [0.1, 0.15) is 5.75 Å². The number of rotatable bonds is 8. The van der Waals surface area contributed by atoms with Crippen LogP contribution in [0.2, 0.25) is 0 Å². The number of aryl methyl sites for hydroxylation is 2. The Morgan fingerprint density at radius 1 is 1.19 bits per heavy atom.